The Morgan fingerprint density at radius 3 is 2.79 bits per heavy atom. The summed E-state index contributed by atoms with van der Waals surface area (Å²) in [6.45, 7) is 1.93. The molecule has 0 aliphatic heterocycles. The second kappa shape index (κ2) is 5.46. The van der Waals surface area contributed by atoms with Crippen LogP contribution in [0.15, 0.2) is 5.38 Å². The summed E-state index contributed by atoms with van der Waals surface area (Å²) in [5.41, 5.74) is 0.846. The van der Waals surface area contributed by atoms with E-state index in [9.17, 15) is 8.78 Å². The van der Waals surface area contributed by atoms with Crippen molar-refractivity contribution in [1.29, 1.82) is 0 Å². The van der Waals surface area contributed by atoms with Gasteiger partial charge in [0.05, 0.1) is 12.2 Å². The normalized spacial score (nSPS) is 10.9. The maximum atomic E-state index is 12.2. The molecule has 0 N–H and O–H groups in total. The molecular weight excluding hydrogens is 230 g/mol. The lowest BCUT2D eigenvalue weighted by atomic mass is 10.5. The van der Waals surface area contributed by atoms with Gasteiger partial charge >= 0.3 is 0 Å². The predicted octanol–water partition coefficient (Wildman–Crippen LogP) is 2.76. The molecule has 1 rings (SSSR count). The Hall–Kier alpha value is -0.420. The average Bonchev–Trinajstić information content (AvgIpc) is 2.50. The summed E-state index contributed by atoms with van der Waals surface area (Å²) in [4.78, 5) is 5.64. The van der Waals surface area contributed by atoms with Gasteiger partial charge in [0.1, 0.15) is 0 Å². The Morgan fingerprint density at radius 2 is 2.36 bits per heavy atom. The molecule has 0 unspecified atom stereocenters. The van der Waals surface area contributed by atoms with Crippen LogP contribution in [0.4, 0.5) is 13.9 Å². The van der Waals surface area contributed by atoms with E-state index in [1.165, 1.54) is 16.2 Å². The van der Waals surface area contributed by atoms with Gasteiger partial charge in [-0.2, -0.15) is 0 Å². The molecule has 1 aromatic rings. The molecule has 1 heterocycles. The molecule has 1 aromatic heterocycles. The van der Waals surface area contributed by atoms with Crippen LogP contribution in [0.2, 0.25) is 0 Å². The topological polar surface area (TPSA) is 16.1 Å². The fourth-order valence-electron chi connectivity index (χ4n) is 1.02. The van der Waals surface area contributed by atoms with E-state index >= 15 is 0 Å². The fourth-order valence-corrected chi connectivity index (χ4v) is 2.06. The standard InChI is InChI=1S/C8H11ClF2N2S/c1-6-5-14-8(12-6)13(3-2-9)4-7(10)11/h5,7H,2-4H2,1H3. The molecule has 0 saturated carbocycles. The highest BCUT2D eigenvalue weighted by atomic mass is 35.5. The van der Waals surface area contributed by atoms with Gasteiger partial charge in [-0.3, -0.25) is 0 Å². The first-order valence-corrected chi connectivity index (χ1v) is 5.56. The summed E-state index contributed by atoms with van der Waals surface area (Å²) in [6.07, 6.45) is -2.36. The third kappa shape index (κ3) is 3.38. The van der Waals surface area contributed by atoms with Crippen molar-refractivity contribution in [3.8, 4) is 0 Å². The highest BCUT2D eigenvalue weighted by molar-refractivity contribution is 7.13. The number of nitrogens with zero attached hydrogens (tertiary/aromatic N) is 2. The summed E-state index contributed by atoms with van der Waals surface area (Å²) in [7, 11) is 0. The van der Waals surface area contributed by atoms with Crippen molar-refractivity contribution in [2.45, 2.75) is 13.3 Å². The zero-order valence-electron chi connectivity index (χ0n) is 7.71. The molecule has 0 amide bonds. The molecule has 0 aliphatic carbocycles. The van der Waals surface area contributed by atoms with Gasteiger partial charge in [0.15, 0.2) is 5.13 Å². The van der Waals surface area contributed by atoms with Crippen molar-refractivity contribution in [1.82, 2.24) is 4.98 Å². The number of halogens is 3. The monoisotopic (exact) mass is 240 g/mol. The number of rotatable bonds is 5. The van der Waals surface area contributed by atoms with E-state index in [0.717, 1.165) is 5.69 Å². The quantitative estimate of drug-likeness (QED) is 0.736. The van der Waals surface area contributed by atoms with E-state index < -0.39 is 6.43 Å². The van der Waals surface area contributed by atoms with Crippen LogP contribution in [0.1, 0.15) is 5.69 Å². The Morgan fingerprint density at radius 1 is 1.64 bits per heavy atom. The fraction of sp³-hybridized carbons (Fsp3) is 0.625. The van der Waals surface area contributed by atoms with Gasteiger partial charge in [-0.25, -0.2) is 13.8 Å². The van der Waals surface area contributed by atoms with Gasteiger partial charge in [-0.15, -0.1) is 22.9 Å². The van der Waals surface area contributed by atoms with Crippen LogP contribution < -0.4 is 4.90 Å². The molecule has 0 bridgehead atoms. The number of anilines is 1. The minimum atomic E-state index is -2.36. The number of aromatic nitrogens is 1. The van der Waals surface area contributed by atoms with Crippen LogP contribution in [0.25, 0.3) is 0 Å². The lowest BCUT2D eigenvalue weighted by molar-refractivity contribution is 0.155. The molecule has 0 spiro atoms. The molecule has 14 heavy (non-hydrogen) atoms. The van der Waals surface area contributed by atoms with Crippen molar-refractivity contribution in [2.24, 2.45) is 0 Å². The number of hydrogen-bond acceptors (Lipinski definition) is 3. The number of thiazole rings is 1. The van der Waals surface area contributed by atoms with E-state index in [2.05, 4.69) is 4.98 Å². The summed E-state index contributed by atoms with van der Waals surface area (Å²) in [6, 6.07) is 0. The third-order valence-electron chi connectivity index (χ3n) is 1.59. The van der Waals surface area contributed by atoms with Crippen LogP contribution >= 0.6 is 22.9 Å². The van der Waals surface area contributed by atoms with Gasteiger partial charge < -0.3 is 4.90 Å². The van der Waals surface area contributed by atoms with Crippen molar-refractivity contribution in [3.63, 3.8) is 0 Å². The second-order valence-electron chi connectivity index (χ2n) is 2.80. The Kier molecular flexibility index (Phi) is 4.54. The molecule has 2 nitrogen and oxygen atoms in total. The number of alkyl halides is 3. The maximum Gasteiger partial charge on any atom is 0.255 e. The first kappa shape index (κ1) is 11.7. The predicted molar refractivity (Wildman–Crippen MR) is 55.8 cm³/mol. The Bertz CT molecular complexity index is 280. The average molecular weight is 241 g/mol. The SMILES string of the molecule is Cc1csc(N(CCCl)CC(F)F)n1. The Balaban J connectivity index is 2.66. The first-order valence-electron chi connectivity index (χ1n) is 4.14. The van der Waals surface area contributed by atoms with Crippen LogP contribution in [0.5, 0.6) is 0 Å². The van der Waals surface area contributed by atoms with Crippen molar-refractivity contribution < 1.29 is 8.78 Å². The van der Waals surface area contributed by atoms with E-state index in [1.807, 2.05) is 12.3 Å². The van der Waals surface area contributed by atoms with Crippen LogP contribution in [0, 0.1) is 6.92 Å². The summed E-state index contributed by atoms with van der Waals surface area (Å²) in [5.74, 6) is 0.325. The zero-order valence-corrected chi connectivity index (χ0v) is 9.29. The van der Waals surface area contributed by atoms with Gasteiger partial charge in [-0.05, 0) is 6.92 Å². The van der Waals surface area contributed by atoms with Crippen LogP contribution in [-0.4, -0.2) is 30.4 Å². The largest absolute Gasteiger partial charge is 0.341 e. The van der Waals surface area contributed by atoms with E-state index in [1.54, 1.807) is 0 Å². The van der Waals surface area contributed by atoms with E-state index in [-0.39, 0.29) is 6.54 Å². The molecule has 0 saturated heterocycles. The van der Waals surface area contributed by atoms with E-state index in [0.29, 0.717) is 17.6 Å². The smallest absolute Gasteiger partial charge is 0.255 e. The summed E-state index contributed by atoms with van der Waals surface area (Å²) >= 11 is 6.89. The van der Waals surface area contributed by atoms with Crippen LogP contribution in [0.3, 0.4) is 0 Å². The molecule has 6 heteroatoms. The molecule has 0 radical (unpaired) electrons. The minimum Gasteiger partial charge on any atom is -0.341 e. The summed E-state index contributed by atoms with van der Waals surface area (Å²) < 4.78 is 24.4. The number of hydrogen-bond donors (Lipinski definition) is 0. The molecule has 0 atom stereocenters. The maximum absolute atomic E-state index is 12.2. The first-order chi connectivity index (χ1) is 6.63. The van der Waals surface area contributed by atoms with Gasteiger partial charge in [0.2, 0.25) is 0 Å². The van der Waals surface area contributed by atoms with Crippen LogP contribution in [-0.2, 0) is 0 Å². The zero-order chi connectivity index (χ0) is 10.6. The molecule has 0 aliphatic rings. The lowest BCUT2D eigenvalue weighted by Crippen LogP contribution is -2.30. The van der Waals surface area contributed by atoms with Crippen molar-refractivity contribution in [2.75, 3.05) is 23.9 Å². The van der Waals surface area contributed by atoms with Crippen molar-refractivity contribution >= 4 is 28.1 Å². The third-order valence-corrected chi connectivity index (χ3v) is 2.78. The van der Waals surface area contributed by atoms with Gasteiger partial charge in [0, 0.05) is 17.8 Å². The molecule has 80 valence electrons. The molecule has 0 fully saturated rings. The highest BCUT2D eigenvalue weighted by Gasteiger charge is 2.14. The van der Waals surface area contributed by atoms with Gasteiger partial charge in [0.25, 0.3) is 6.43 Å². The second-order valence-corrected chi connectivity index (χ2v) is 4.01. The lowest BCUT2D eigenvalue weighted by Gasteiger charge is -2.19. The highest BCUT2D eigenvalue weighted by Crippen LogP contribution is 2.20. The Labute approximate surface area is 90.5 Å². The van der Waals surface area contributed by atoms with Gasteiger partial charge in [-0.1, -0.05) is 0 Å². The van der Waals surface area contributed by atoms with E-state index in [4.69, 9.17) is 11.6 Å². The molecule has 0 aromatic carbocycles. The number of aryl methyl sites for hydroxylation is 1. The minimum absolute atomic E-state index is 0.306. The van der Waals surface area contributed by atoms with Crippen molar-refractivity contribution in [3.05, 3.63) is 11.1 Å². The molecular formula is C8H11ClF2N2S. The summed E-state index contributed by atoms with van der Waals surface area (Å²) in [5, 5.41) is 2.45.